The molecule has 14 heteroatoms. The summed E-state index contributed by atoms with van der Waals surface area (Å²) >= 11 is 0. The topological polar surface area (TPSA) is 146 Å². The molecule has 0 spiro atoms. The standard InChI is InChI=1S/C45H56B2O10S2/c1-41(2)42(3,4)55-46(54-41)35-23-25-37-38-26-24-36(47-56-43(5,6)44(7,8)57-47)30-40(38)45(39(37)29-35,33-19-15-31(16-20-33)13-9-11-27-58(48,49)50)34-21-17-32(18-22-34)14-10-12-28-59(51,52)53/h15-26,29-30H,9-14,27-28H2,1-8H3,(H,48,49,50)(H,51,52,53). The minimum Gasteiger partial charge on any atom is -0.399 e. The average molecular weight is 843 g/mol. The van der Waals surface area contributed by atoms with Gasteiger partial charge >= 0.3 is 14.2 Å². The van der Waals surface area contributed by atoms with Gasteiger partial charge < -0.3 is 18.6 Å². The van der Waals surface area contributed by atoms with Crippen molar-refractivity contribution >= 4 is 45.4 Å². The van der Waals surface area contributed by atoms with Gasteiger partial charge in [-0.05, 0) is 149 Å². The number of hydrogen-bond acceptors (Lipinski definition) is 8. The highest BCUT2D eigenvalue weighted by molar-refractivity contribution is 7.86. The molecule has 10 nitrogen and oxygen atoms in total. The lowest BCUT2D eigenvalue weighted by Gasteiger charge is -2.35. The predicted octanol–water partition coefficient (Wildman–Crippen LogP) is 7.07. The lowest BCUT2D eigenvalue weighted by atomic mass is 9.65. The van der Waals surface area contributed by atoms with Crippen molar-refractivity contribution in [1.29, 1.82) is 0 Å². The fourth-order valence-electron chi connectivity index (χ4n) is 8.47. The Morgan fingerprint density at radius 1 is 0.475 bits per heavy atom. The van der Waals surface area contributed by atoms with Gasteiger partial charge in [0.25, 0.3) is 20.2 Å². The van der Waals surface area contributed by atoms with Crippen molar-refractivity contribution < 1.29 is 44.6 Å². The van der Waals surface area contributed by atoms with Gasteiger partial charge in [0.15, 0.2) is 0 Å². The van der Waals surface area contributed by atoms with E-state index in [1.807, 2.05) is 55.4 Å². The summed E-state index contributed by atoms with van der Waals surface area (Å²) < 4.78 is 90.4. The van der Waals surface area contributed by atoms with E-state index in [2.05, 4.69) is 84.9 Å². The highest BCUT2D eigenvalue weighted by atomic mass is 32.2. The second-order valence-corrected chi connectivity index (χ2v) is 21.6. The molecule has 0 radical (unpaired) electrons. The Bertz CT molecular complexity index is 2220. The monoisotopic (exact) mass is 842 g/mol. The molecule has 314 valence electrons. The van der Waals surface area contributed by atoms with Crippen LogP contribution in [0.1, 0.15) is 114 Å². The molecule has 2 heterocycles. The van der Waals surface area contributed by atoms with E-state index >= 15 is 0 Å². The zero-order valence-electron chi connectivity index (χ0n) is 35.4. The van der Waals surface area contributed by atoms with Gasteiger partial charge in [-0.25, -0.2) is 0 Å². The number of fused-ring (bicyclic) bond motifs is 3. The van der Waals surface area contributed by atoms with Crippen LogP contribution in [-0.4, -0.2) is 74.1 Å². The Balaban J connectivity index is 1.39. The largest absolute Gasteiger partial charge is 0.494 e. The lowest BCUT2D eigenvalue weighted by Crippen LogP contribution is -2.41. The molecule has 2 aliphatic heterocycles. The highest BCUT2D eigenvalue weighted by Crippen LogP contribution is 2.56. The van der Waals surface area contributed by atoms with Crippen LogP contribution >= 0.6 is 0 Å². The molecular weight excluding hydrogens is 786 g/mol. The predicted molar refractivity (Wildman–Crippen MR) is 234 cm³/mol. The Morgan fingerprint density at radius 3 is 1.10 bits per heavy atom. The zero-order valence-corrected chi connectivity index (χ0v) is 37.0. The Labute approximate surface area is 351 Å². The van der Waals surface area contributed by atoms with Gasteiger partial charge in [-0.2, -0.15) is 16.8 Å². The molecule has 4 aromatic carbocycles. The smallest absolute Gasteiger partial charge is 0.399 e. The van der Waals surface area contributed by atoms with Crippen molar-refractivity contribution in [3.63, 3.8) is 0 Å². The van der Waals surface area contributed by atoms with Crippen LogP contribution in [0.3, 0.4) is 0 Å². The van der Waals surface area contributed by atoms with Crippen molar-refractivity contribution in [3.8, 4) is 11.1 Å². The van der Waals surface area contributed by atoms with Gasteiger partial charge in [-0.15, -0.1) is 0 Å². The van der Waals surface area contributed by atoms with E-state index in [0.29, 0.717) is 38.5 Å². The summed E-state index contributed by atoms with van der Waals surface area (Å²) in [6, 6.07) is 30.0. The Kier molecular flexibility index (Phi) is 11.5. The summed E-state index contributed by atoms with van der Waals surface area (Å²) in [6.45, 7) is 16.4. The van der Waals surface area contributed by atoms with Crippen molar-refractivity contribution in [2.75, 3.05) is 11.5 Å². The maximum Gasteiger partial charge on any atom is 0.494 e. The number of aryl methyl sites for hydroxylation is 2. The Hall–Kier alpha value is -3.33. The van der Waals surface area contributed by atoms with Crippen molar-refractivity contribution in [3.05, 3.63) is 118 Å². The first-order valence-electron chi connectivity index (χ1n) is 20.5. The van der Waals surface area contributed by atoms with E-state index < -0.39 is 62.3 Å². The van der Waals surface area contributed by atoms with Gasteiger partial charge in [-0.3, -0.25) is 9.11 Å². The minimum atomic E-state index is -4.02. The van der Waals surface area contributed by atoms with Gasteiger partial charge in [0.2, 0.25) is 0 Å². The molecule has 59 heavy (non-hydrogen) atoms. The van der Waals surface area contributed by atoms with E-state index in [-0.39, 0.29) is 11.5 Å². The van der Waals surface area contributed by atoms with Crippen LogP contribution in [0, 0.1) is 0 Å². The summed E-state index contributed by atoms with van der Waals surface area (Å²) in [6.07, 6.45) is 3.24. The second kappa shape index (κ2) is 15.5. The summed E-state index contributed by atoms with van der Waals surface area (Å²) in [5.41, 5.74) is 7.23. The van der Waals surface area contributed by atoms with E-state index in [4.69, 9.17) is 18.6 Å². The third kappa shape index (κ3) is 8.62. The van der Waals surface area contributed by atoms with Crippen LogP contribution in [0.15, 0.2) is 84.9 Å². The zero-order chi connectivity index (χ0) is 42.8. The maximum atomic E-state index is 11.4. The van der Waals surface area contributed by atoms with Crippen molar-refractivity contribution in [2.24, 2.45) is 0 Å². The van der Waals surface area contributed by atoms with Crippen LogP contribution in [0.2, 0.25) is 0 Å². The number of rotatable bonds is 14. The fourth-order valence-corrected chi connectivity index (χ4v) is 9.61. The molecule has 4 aromatic rings. The number of hydrogen-bond donors (Lipinski definition) is 2. The molecule has 2 fully saturated rings. The summed E-state index contributed by atoms with van der Waals surface area (Å²) in [5, 5.41) is 0. The van der Waals surface area contributed by atoms with E-state index in [1.54, 1.807) is 0 Å². The molecule has 7 rings (SSSR count). The van der Waals surface area contributed by atoms with E-state index in [0.717, 1.165) is 55.4 Å². The number of unbranched alkanes of at least 4 members (excludes halogenated alkanes) is 2. The minimum absolute atomic E-state index is 0.269. The molecule has 2 N–H and O–H groups in total. The first kappa shape index (κ1) is 43.7. The van der Waals surface area contributed by atoms with Crippen LogP contribution in [-0.2, 0) is 57.1 Å². The quantitative estimate of drug-likeness (QED) is 0.0677. The second-order valence-electron chi connectivity index (χ2n) is 18.4. The van der Waals surface area contributed by atoms with Gasteiger partial charge in [0.05, 0.1) is 39.3 Å². The van der Waals surface area contributed by atoms with Crippen LogP contribution < -0.4 is 10.9 Å². The highest BCUT2D eigenvalue weighted by Gasteiger charge is 2.55. The third-order valence-electron chi connectivity index (χ3n) is 13.2. The average Bonchev–Trinajstić information content (AvgIpc) is 3.65. The summed E-state index contributed by atoms with van der Waals surface area (Å²) in [7, 11) is -9.24. The maximum absolute atomic E-state index is 11.4. The molecule has 0 aromatic heterocycles. The summed E-state index contributed by atoms with van der Waals surface area (Å²) in [4.78, 5) is 0. The van der Waals surface area contributed by atoms with Gasteiger partial charge in [-0.1, -0.05) is 84.9 Å². The molecule has 0 unspecified atom stereocenters. The first-order chi connectivity index (χ1) is 27.4. The first-order valence-corrected chi connectivity index (χ1v) is 23.7. The SMILES string of the molecule is CC1(C)OB(c2ccc3c(c2)C(c2ccc(CCCCS(=O)(=O)O)cc2)(c2ccc(CCCCS(=O)(=O)O)cc2)c2cc(B4OC(C)(C)C(C)(C)O4)ccc2-3)OC1(C)C. The molecule has 0 atom stereocenters. The fraction of sp³-hybridized carbons (Fsp3) is 0.467. The molecule has 1 aliphatic carbocycles. The summed E-state index contributed by atoms with van der Waals surface area (Å²) in [5.74, 6) is -0.539. The lowest BCUT2D eigenvalue weighted by molar-refractivity contribution is 0.00578. The Morgan fingerprint density at radius 2 is 0.797 bits per heavy atom. The van der Waals surface area contributed by atoms with Crippen molar-refractivity contribution in [2.45, 2.75) is 122 Å². The number of benzene rings is 4. The van der Waals surface area contributed by atoms with Gasteiger partial charge in [0, 0.05) is 0 Å². The normalized spacial score (nSPS) is 19.8. The van der Waals surface area contributed by atoms with Crippen LogP contribution in [0.25, 0.3) is 11.1 Å². The third-order valence-corrected chi connectivity index (χ3v) is 14.9. The van der Waals surface area contributed by atoms with Crippen LogP contribution in [0.5, 0.6) is 0 Å². The molecule has 0 saturated carbocycles. The molecular formula is C45H56B2O10S2. The van der Waals surface area contributed by atoms with Crippen molar-refractivity contribution in [1.82, 2.24) is 0 Å². The van der Waals surface area contributed by atoms with Crippen LogP contribution in [0.4, 0.5) is 0 Å². The molecule has 0 bridgehead atoms. The van der Waals surface area contributed by atoms with E-state index in [1.165, 1.54) is 0 Å². The molecule has 3 aliphatic rings. The molecule has 2 saturated heterocycles. The van der Waals surface area contributed by atoms with E-state index in [9.17, 15) is 25.9 Å². The van der Waals surface area contributed by atoms with Gasteiger partial charge in [0.1, 0.15) is 0 Å². The molecule has 0 amide bonds.